The Morgan fingerprint density at radius 1 is 1.15 bits per heavy atom. The zero-order valence-electron chi connectivity index (χ0n) is 15.1. The number of amides is 1. The molecule has 1 amide bonds. The van der Waals surface area contributed by atoms with Gasteiger partial charge in [-0.05, 0) is 37.6 Å². The molecule has 27 heavy (non-hydrogen) atoms. The third kappa shape index (κ3) is 2.89. The van der Waals surface area contributed by atoms with Gasteiger partial charge in [0, 0.05) is 17.9 Å². The predicted octanol–water partition coefficient (Wildman–Crippen LogP) is 3.66. The monoisotopic (exact) mass is 361 g/mol. The lowest BCUT2D eigenvalue weighted by molar-refractivity contribution is -0.116. The Balaban J connectivity index is 1.90. The van der Waals surface area contributed by atoms with Gasteiger partial charge in [-0.3, -0.25) is 4.79 Å². The van der Waals surface area contributed by atoms with E-state index >= 15 is 0 Å². The molecule has 1 aromatic heterocycles. The van der Waals surface area contributed by atoms with E-state index in [1.54, 1.807) is 28.9 Å². The molecule has 1 unspecified atom stereocenters. The van der Waals surface area contributed by atoms with E-state index in [-0.39, 0.29) is 23.8 Å². The second-order valence-corrected chi connectivity index (χ2v) is 6.79. The minimum absolute atomic E-state index is 0.152. The number of carboxylic acids is 1. The van der Waals surface area contributed by atoms with Gasteiger partial charge in [0.15, 0.2) is 0 Å². The van der Waals surface area contributed by atoms with Crippen LogP contribution in [0.5, 0.6) is 0 Å². The molecule has 0 radical (unpaired) electrons. The molecule has 1 atom stereocenters. The van der Waals surface area contributed by atoms with Gasteiger partial charge in [0.25, 0.3) is 0 Å². The summed E-state index contributed by atoms with van der Waals surface area (Å²) in [6, 6.07) is 14.7. The first-order chi connectivity index (χ1) is 13.0. The van der Waals surface area contributed by atoms with Crippen molar-refractivity contribution in [3.05, 3.63) is 76.5 Å². The molecule has 136 valence electrons. The summed E-state index contributed by atoms with van der Waals surface area (Å²) in [6.07, 6.45) is 0.192. The van der Waals surface area contributed by atoms with Gasteiger partial charge in [0.05, 0.1) is 16.9 Å². The Morgan fingerprint density at radius 3 is 2.56 bits per heavy atom. The normalized spacial score (nSPS) is 15.9. The molecule has 1 aliphatic rings. The second kappa shape index (κ2) is 6.39. The summed E-state index contributed by atoms with van der Waals surface area (Å²) in [5.41, 5.74) is 4.46. The second-order valence-electron chi connectivity index (χ2n) is 6.79. The quantitative estimate of drug-likeness (QED) is 0.746. The Morgan fingerprint density at radius 2 is 1.85 bits per heavy atom. The summed E-state index contributed by atoms with van der Waals surface area (Å²) in [5, 5.41) is 17.1. The van der Waals surface area contributed by atoms with Crippen molar-refractivity contribution < 1.29 is 14.7 Å². The van der Waals surface area contributed by atoms with Crippen LogP contribution >= 0.6 is 0 Å². The minimum Gasteiger partial charge on any atom is -0.478 e. The van der Waals surface area contributed by atoms with Crippen LogP contribution in [-0.2, 0) is 4.79 Å². The van der Waals surface area contributed by atoms with E-state index < -0.39 is 5.97 Å². The molecule has 1 aliphatic heterocycles. The molecule has 2 N–H and O–H groups in total. The molecule has 0 spiro atoms. The molecule has 6 nitrogen and oxygen atoms in total. The number of aryl methyl sites for hydroxylation is 2. The maximum absolute atomic E-state index is 12.4. The number of carbonyl (C=O) groups is 2. The zero-order chi connectivity index (χ0) is 19.1. The third-order valence-corrected chi connectivity index (χ3v) is 4.95. The number of carbonyl (C=O) groups excluding carboxylic acids is 1. The van der Waals surface area contributed by atoms with Crippen LogP contribution in [0.25, 0.3) is 5.69 Å². The van der Waals surface area contributed by atoms with E-state index in [9.17, 15) is 14.7 Å². The number of fused-ring (bicyclic) bond motifs is 1. The number of anilines is 1. The molecule has 2 aromatic carbocycles. The summed E-state index contributed by atoms with van der Waals surface area (Å²) in [6.45, 7) is 3.89. The molecule has 3 aromatic rings. The fourth-order valence-electron chi connectivity index (χ4n) is 3.68. The van der Waals surface area contributed by atoms with Crippen molar-refractivity contribution in [3.8, 4) is 5.69 Å². The number of aromatic nitrogens is 2. The van der Waals surface area contributed by atoms with Crippen molar-refractivity contribution in [2.45, 2.75) is 26.2 Å². The van der Waals surface area contributed by atoms with Gasteiger partial charge in [-0.1, -0.05) is 35.9 Å². The van der Waals surface area contributed by atoms with Crippen LogP contribution in [0.3, 0.4) is 0 Å². The maximum Gasteiger partial charge on any atom is 0.335 e. The first-order valence-corrected chi connectivity index (χ1v) is 8.74. The Bertz CT molecular complexity index is 1050. The number of benzene rings is 2. The van der Waals surface area contributed by atoms with Gasteiger partial charge < -0.3 is 10.4 Å². The Kier molecular flexibility index (Phi) is 4.03. The zero-order valence-corrected chi connectivity index (χ0v) is 15.1. The minimum atomic E-state index is -0.998. The Hall–Kier alpha value is -3.41. The highest BCUT2D eigenvalue weighted by Crippen LogP contribution is 2.41. The summed E-state index contributed by atoms with van der Waals surface area (Å²) in [7, 11) is 0. The van der Waals surface area contributed by atoms with E-state index in [1.165, 1.54) is 0 Å². The third-order valence-electron chi connectivity index (χ3n) is 4.95. The highest BCUT2D eigenvalue weighted by molar-refractivity contribution is 5.96. The highest BCUT2D eigenvalue weighted by atomic mass is 16.4. The smallest absolute Gasteiger partial charge is 0.335 e. The number of nitrogens with one attached hydrogen (secondary N) is 1. The van der Waals surface area contributed by atoms with Gasteiger partial charge in [-0.2, -0.15) is 5.10 Å². The van der Waals surface area contributed by atoms with Crippen LogP contribution < -0.4 is 5.32 Å². The molecule has 0 fully saturated rings. The molecular formula is C21H19N3O3. The van der Waals surface area contributed by atoms with E-state index in [1.807, 2.05) is 38.1 Å². The molecule has 0 aliphatic carbocycles. The molecule has 4 rings (SSSR count). The Labute approximate surface area is 156 Å². The average molecular weight is 361 g/mol. The molecule has 0 bridgehead atoms. The standard InChI is InChI=1S/C21H19N3O3/c1-12-7-9-14(10-8-12)24-20-19(13(2)23-24)17(11-18(25)22-20)15-5-3-4-6-16(15)21(26)27/h3-10,17H,11H2,1-2H3,(H,22,25)(H,26,27). The van der Waals surface area contributed by atoms with Crippen LogP contribution in [0.1, 0.15) is 45.1 Å². The van der Waals surface area contributed by atoms with E-state index in [0.29, 0.717) is 11.4 Å². The molecule has 6 heteroatoms. The van der Waals surface area contributed by atoms with Gasteiger partial charge in [0.1, 0.15) is 5.82 Å². The number of hydrogen-bond acceptors (Lipinski definition) is 3. The topological polar surface area (TPSA) is 84.2 Å². The number of nitrogens with zero attached hydrogens (tertiary/aromatic N) is 2. The number of aromatic carboxylic acids is 1. The van der Waals surface area contributed by atoms with Gasteiger partial charge >= 0.3 is 5.97 Å². The van der Waals surface area contributed by atoms with Crippen molar-refractivity contribution in [2.75, 3.05) is 5.32 Å². The van der Waals surface area contributed by atoms with Crippen molar-refractivity contribution in [1.29, 1.82) is 0 Å². The molecule has 0 saturated heterocycles. The number of rotatable bonds is 3. The van der Waals surface area contributed by atoms with E-state index in [0.717, 1.165) is 22.5 Å². The predicted molar refractivity (Wildman–Crippen MR) is 102 cm³/mol. The van der Waals surface area contributed by atoms with E-state index in [2.05, 4.69) is 10.4 Å². The van der Waals surface area contributed by atoms with Crippen LogP contribution in [0, 0.1) is 13.8 Å². The van der Waals surface area contributed by atoms with Gasteiger partial charge in [0.2, 0.25) is 5.91 Å². The lowest BCUT2D eigenvalue weighted by Crippen LogP contribution is -2.25. The average Bonchev–Trinajstić information content (AvgIpc) is 2.98. The van der Waals surface area contributed by atoms with Crippen molar-refractivity contribution in [1.82, 2.24) is 9.78 Å². The first kappa shape index (κ1) is 17.0. The lowest BCUT2D eigenvalue weighted by Gasteiger charge is -2.25. The molecule has 0 saturated carbocycles. The van der Waals surface area contributed by atoms with Crippen LogP contribution in [-0.4, -0.2) is 26.8 Å². The number of carboxylic acid groups (broad SMARTS) is 1. The van der Waals surface area contributed by atoms with Crippen molar-refractivity contribution >= 4 is 17.7 Å². The lowest BCUT2D eigenvalue weighted by atomic mass is 9.83. The van der Waals surface area contributed by atoms with E-state index in [4.69, 9.17) is 0 Å². The summed E-state index contributed by atoms with van der Waals surface area (Å²) in [5.74, 6) is -0.888. The summed E-state index contributed by atoms with van der Waals surface area (Å²) in [4.78, 5) is 24.1. The van der Waals surface area contributed by atoms with Gasteiger partial charge in [-0.15, -0.1) is 0 Å². The fraction of sp³-hybridized carbons (Fsp3) is 0.190. The summed E-state index contributed by atoms with van der Waals surface area (Å²) >= 11 is 0. The highest BCUT2D eigenvalue weighted by Gasteiger charge is 2.34. The largest absolute Gasteiger partial charge is 0.478 e. The summed E-state index contributed by atoms with van der Waals surface area (Å²) < 4.78 is 1.72. The molecule has 2 heterocycles. The van der Waals surface area contributed by atoms with Crippen LogP contribution in [0.2, 0.25) is 0 Å². The number of hydrogen-bond donors (Lipinski definition) is 2. The van der Waals surface area contributed by atoms with Crippen LogP contribution in [0.4, 0.5) is 5.82 Å². The first-order valence-electron chi connectivity index (χ1n) is 8.74. The van der Waals surface area contributed by atoms with Crippen molar-refractivity contribution in [3.63, 3.8) is 0 Å². The molecular weight excluding hydrogens is 342 g/mol. The SMILES string of the molecule is Cc1ccc(-n2nc(C)c3c2NC(=O)CC3c2ccccc2C(=O)O)cc1. The maximum atomic E-state index is 12.4. The van der Waals surface area contributed by atoms with Crippen molar-refractivity contribution in [2.24, 2.45) is 0 Å². The van der Waals surface area contributed by atoms with Gasteiger partial charge in [-0.25, -0.2) is 9.48 Å². The van der Waals surface area contributed by atoms with Crippen LogP contribution in [0.15, 0.2) is 48.5 Å². The fourth-order valence-corrected chi connectivity index (χ4v) is 3.68.